The van der Waals surface area contributed by atoms with E-state index in [1.165, 1.54) is 48.3 Å². The molecule has 0 amide bonds. The number of hydrogen-bond acceptors (Lipinski definition) is 8. The Balaban J connectivity index is 1.27. The van der Waals surface area contributed by atoms with Crippen LogP contribution in [0.15, 0.2) is 11.1 Å². The van der Waals surface area contributed by atoms with Crippen LogP contribution in [0.4, 0.5) is 0 Å². The molecule has 0 aromatic rings. The van der Waals surface area contributed by atoms with Gasteiger partial charge in [0.15, 0.2) is 0 Å². The van der Waals surface area contributed by atoms with Crippen molar-refractivity contribution in [2.24, 2.45) is 0 Å². The highest BCUT2D eigenvalue weighted by Gasteiger charge is 2.19. The molecule has 0 N–H and O–H groups in total. The first-order chi connectivity index (χ1) is 15.7. The number of carbonyl (C=O) groups excluding carboxylic acids is 2. The first-order valence-corrected chi connectivity index (χ1v) is 17.0. The molecule has 1 aliphatic carbocycles. The molecule has 2 aliphatic heterocycles. The van der Waals surface area contributed by atoms with E-state index < -0.39 is 0 Å². The summed E-state index contributed by atoms with van der Waals surface area (Å²) in [5.41, 5.74) is 2.35. The van der Waals surface area contributed by atoms with E-state index in [9.17, 15) is 9.59 Å². The van der Waals surface area contributed by atoms with Crippen LogP contribution in [0, 0.1) is 0 Å². The minimum Gasteiger partial charge on any atom is -0.461 e. The van der Waals surface area contributed by atoms with E-state index in [2.05, 4.69) is 0 Å². The number of hydrogen-bond donors (Lipinski definition) is 0. The molecular formula is C24H38O4S4. The third-order valence-corrected chi connectivity index (χ3v) is 12.3. The fourth-order valence-electron chi connectivity index (χ4n) is 4.27. The van der Waals surface area contributed by atoms with Gasteiger partial charge in [0.2, 0.25) is 0 Å². The molecule has 0 bridgehead atoms. The zero-order valence-corrected chi connectivity index (χ0v) is 22.4. The van der Waals surface area contributed by atoms with Gasteiger partial charge in [0.25, 0.3) is 0 Å². The highest BCUT2D eigenvalue weighted by molar-refractivity contribution is 8.77. The standard InChI is InChI=1S/C24H38O4S4/c25-23(11-5-3-9-21-13-15-29-31-21)27-17-19-7-1-2-8-20(19)18-28-24(26)12-6-4-10-22-14-16-30-32-22/h21-22H,1-18H2/t21-,22-/m1/s1. The normalized spacial score (nSPS) is 23.5. The van der Waals surface area contributed by atoms with Crippen LogP contribution in [0.5, 0.6) is 0 Å². The summed E-state index contributed by atoms with van der Waals surface area (Å²) >= 11 is 0. The van der Waals surface area contributed by atoms with Gasteiger partial charge in [-0.15, -0.1) is 0 Å². The van der Waals surface area contributed by atoms with Gasteiger partial charge in [0.05, 0.1) is 0 Å². The van der Waals surface area contributed by atoms with E-state index in [-0.39, 0.29) is 11.9 Å². The molecule has 2 saturated heterocycles. The molecule has 0 spiro atoms. The number of esters is 2. The fraction of sp³-hybridized carbons (Fsp3) is 0.833. The molecule has 2 atom stereocenters. The van der Waals surface area contributed by atoms with Crippen molar-refractivity contribution in [3.63, 3.8) is 0 Å². The average Bonchev–Trinajstić information content (AvgIpc) is 3.52. The molecule has 2 fully saturated rings. The lowest BCUT2D eigenvalue weighted by Crippen LogP contribution is -2.15. The molecule has 182 valence electrons. The maximum atomic E-state index is 12.2. The third-order valence-electron chi connectivity index (χ3n) is 6.29. The summed E-state index contributed by atoms with van der Waals surface area (Å²) in [5.74, 6) is 2.35. The first kappa shape index (κ1) is 26.7. The molecule has 3 rings (SSSR count). The maximum Gasteiger partial charge on any atom is 0.306 e. The van der Waals surface area contributed by atoms with Crippen molar-refractivity contribution in [1.29, 1.82) is 0 Å². The molecule has 32 heavy (non-hydrogen) atoms. The second-order valence-electron chi connectivity index (χ2n) is 8.88. The van der Waals surface area contributed by atoms with Gasteiger partial charge in [-0.3, -0.25) is 9.59 Å². The van der Waals surface area contributed by atoms with Crippen molar-refractivity contribution in [3.8, 4) is 0 Å². The Morgan fingerprint density at radius 1 is 0.719 bits per heavy atom. The summed E-state index contributed by atoms with van der Waals surface area (Å²) in [6.07, 6.45) is 14.3. The van der Waals surface area contributed by atoms with Gasteiger partial charge in [-0.2, -0.15) is 0 Å². The van der Waals surface area contributed by atoms with Crippen molar-refractivity contribution in [3.05, 3.63) is 11.1 Å². The van der Waals surface area contributed by atoms with E-state index in [0.29, 0.717) is 26.1 Å². The SMILES string of the molecule is O=C(CCCC[C@@H]1CCSS1)OCC1=C(COC(=O)CCCC[C@@H]2CCSS2)CCCC1. The Bertz CT molecular complexity index is 561. The van der Waals surface area contributed by atoms with Crippen LogP contribution < -0.4 is 0 Å². The predicted molar refractivity (Wildman–Crippen MR) is 141 cm³/mol. The molecule has 0 unspecified atom stereocenters. The van der Waals surface area contributed by atoms with Crippen LogP contribution in [0.25, 0.3) is 0 Å². The molecule has 0 aromatic carbocycles. The Morgan fingerprint density at radius 3 is 1.59 bits per heavy atom. The van der Waals surface area contributed by atoms with E-state index in [0.717, 1.165) is 61.9 Å². The largest absolute Gasteiger partial charge is 0.461 e. The maximum absolute atomic E-state index is 12.2. The van der Waals surface area contributed by atoms with Gasteiger partial charge in [-0.05, 0) is 75.4 Å². The van der Waals surface area contributed by atoms with Crippen molar-refractivity contribution in [2.75, 3.05) is 24.7 Å². The molecule has 0 aromatic heterocycles. The van der Waals surface area contributed by atoms with Gasteiger partial charge in [-0.1, -0.05) is 56.0 Å². The first-order valence-electron chi connectivity index (χ1n) is 12.3. The van der Waals surface area contributed by atoms with Gasteiger partial charge >= 0.3 is 11.9 Å². The highest BCUT2D eigenvalue weighted by atomic mass is 33.1. The molecule has 3 aliphatic rings. The number of ether oxygens (including phenoxy) is 2. The summed E-state index contributed by atoms with van der Waals surface area (Å²) in [4.78, 5) is 24.3. The van der Waals surface area contributed by atoms with Crippen LogP contribution in [0.1, 0.15) is 89.9 Å². The lowest BCUT2D eigenvalue weighted by atomic mass is 9.92. The summed E-state index contributed by atoms with van der Waals surface area (Å²) < 4.78 is 11.1. The Kier molecular flexibility index (Phi) is 13.2. The second kappa shape index (κ2) is 15.9. The summed E-state index contributed by atoms with van der Waals surface area (Å²) in [6.45, 7) is 0.746. The zero-order chi connectivity index (χ0) is 22.4. The Morgan fingerprint density at radius 2 is 1.19 bits per heavy atom. The molecular weight excluding hydrogens is 481 g/mol. The average molecular weight is 519 g/mol. The van der Waals surface area contributed by atoms with E-state index >= 15 is 0 Å². The van der Waals surface area contributed by atoms with Gasteiger partial charge in [0, 0.05) is 34.8 Å². The van der Waals surface area contributed by atoms with Crippen LogP contribution in [-0.2, 0) is 19.1 Å². The van der Waals surface area contributed by atoms with E-state index in [1.807, 2.05) is 43.2 Å². The highest BCUT2D eigenvalue weighted by Crippen LogP contribution is 2.40. The van der Waals surface area contributed by atoms with E-state index in [1.54, 1.807) is 0 Å². The Hall–Kier alpha value is 0.0800. The zero-order valence-electron chi connectivity index (χ0n) is 19.1. The summed E-state index contributed by atoms with van der Waals surface area (Å²) in [7, 11) is 7.95. The lowest BCUT2D eigenvalue weighted by Gasteiger charge is -2.20. The molecule has 4 nitrogen and oxygen atoms in total. The van der Waals surface area contributed by atoms with Crippen LogP contribution in [-0.4, -0.2) is 47.2 Å². The lowest BCUT2D eigenvalue weighted by molar-refractivity contribution is -0.144. The third kappa shape index (κ3) is 10.6. The van der Waals surface area contributed by atoms with Crippen molar-refractivity contribution >= 4 is 55.1 Å². The van der Waals surface area contributed by atoms with Crippen LogP contribution in [0.2, 0.25) is 0 Å². The molecule has 8 heteroatoms. The van der Waals surface area contributed by atoms with Crippen LogP contribution >= 0.6 is 43.2 Å². The summed E-state index contributed by atoms with van der Waals surface area (Å²) in [6, 6.07) is 0. The van der Waals surface area contributed by atoms with Gasteiger partial charge < -0.3 is 9.47 Å². The van der Waals surface area contributed by atoms with Crippen LogP contribution in [0.3, 0.4) is 0 Å². The minimum atomic E-state index is -0.0910. The second-order valence-corrected chi connectivity index (χ2v) is 14.5. The van der Waals surface area contributed by atoms with Crippen molar-refractivity contribution < 1.29 is 19.1 Å². The minimum absolute atomic E-state index is 0.0910. The van der Waals surface area contributed by atoms with Crippen molar-refractivity contribution in [2.45, 2.75) is 100 Å². The molecule has 0 saturated carbocycles. The van der Waals surface area contributed by atoms with E-state index in [4.69, 9.17) is 9.47 Å². The Labute approximate surface area is 209 Å². The quantitative estimate of drug-likeness (QED) is 0.102. The topological polar surface area (TPSA) is 52.6 Å². The monoisotopic (exact) mass is 518 g/mol. The van der Waals surface area contributed by atoms with Crippen molar-refractivity contribution in [1.82, 2.24) is 0 Å². The van der Waals surface area contributed by atoms with Gasteiger partial charge in [0.1, 0.15) is 13.2 Å². The number of carbonyl (C=O) groups is 2. The van der Waals surface area contributed by atoms with Gasteiger partial charge in [-0.25, -0.2) is 0 Å². The number of rotatable bonds is 14. The number of unbranched alkanes of at least 4 members (excludes halogenated alkanes) is 2. The summed E-state index contributed by atoms with van der Waals surface area (Å²) in [5, 5.41) is 1.55. The smallest absolute Gasteiger partial charge is 0.306 e. The predicted octanol–water partition coefficient (Wildman–Crippen LogP) is 7.37. The fourth-order valence-corrected chi connectivity index (χ4v) is 10.3. The molecule has 2 heterocycles. The molecule has 0 radical (unpaired) electrons.